The summed E-state index contributed by atoms with van der Waals surface area (Å²) in [5.74, 6) is 0.576. The largest absolute Gasteiger partial charge is 0.426 e. The number of thioether (sulfide) groups is 1. The minimum atomic E-state index is -0.392. The van der Waals surface area contributed by atoms with Gasteiger partial charge < -0.3 is 15.0 Å². The number of aryl methyl sites for hydroxylation is 1. The van der Waals surface area contributed by atoms with Crippen molar-refractivity contribution in [2.75, 3.05) is 24.2 Å². The maximum absolute atomic E-state index is 12.2. The Bertz CT molecular complexity index is 851. The van der Waals surface area contributed by atoms with Crippen molar-refractivity contribution in [3.05, 3.63) is 59.7 Å². The molecular weight excluding hydrogens is 364 g/mol. The third-order valence-corrected chi connectivity index (χ3v) is 4.95. The number of benzene rings is 2. The van der Waals surface area contributed by atoms with Gasteiger partial charge in [0.05, 0.1) is 6.42 Å². The van der Waals surface area contributed by atoms with Crippen LogP contribution in [0.4, 0.5) is 10.5 Å². The van der Waals surface area contributed by atoms with Gasteiger partial charge >= 0.3 is 5.97 Å². The molecule has 27 heavy (non-hydrogen) atoms. The minimum absolute atomic E-state index is 0.0107. The SMILES string of the molecule is Cc1cccc(C(=O)Nc2ccc(OC(=O)CCN3CCSC3=O)cc2)c1. The lowest BCUT2D eigenvalue weighted by Crippen LogP contribution is -2.27. The van der Waals surface area contributed by atoms with Gasteiger partial charge in [0, 0.05) is 30.1 Å². The maximum Gasteiger partial charge on any atom is 0.312 e. The van der Waals surface area contributed by atoms with Crippen LogP contribution in [0.15, 0.2) is 48.5 Å². The molecule has 1 heterocycles. The van der Waals surface area contributed by atoms with E-state index in [1.54, 1.807) is 35.2 Å². The van der Waals surface area contributed by atoms with Crippen molar-refractivity contribution in [1.29, 1.82) is 0 Å². The van der Waals surface area contributed by atoms with Crippen LogP contribution < -0.4 is 10.1 Å². The van der Waals surface area contributed by atoms with E-state index < -0.39 is 5.97 Å². The molecule has 0 bridgehead atoms. The highest BCUT2D eigenvalue weighted by atomic mass is 32.2. The van der Waals surface area contributed by atoms with Gasteiger partial charge in [-0.25, -0.2) is 0 Å². The molecule has 0 atom stereocenters. The number of anilines is 1. The molecular formula is C20H20N2O4S. The summed E-state index contributed by atoms with van der Waals surface area (Å²) in [6, 6.07) is 13.9. The Kier molecular flexibility index (Phi) is 6.13. The minimum Gasteiger partial charge on any atom is -0.426 e. The van der Waals surface area contributed by atoms with Crippen molar-refractivity contribution in [1.82, 2.24) is 4.90 Å². The van der Waals surface area contributed by atoms with Crippen molar-refractivity contribution < 1.29 is 19.1 Å². The number of carbonyl (C=O) groups excluding carboxylic acids is 3. The van der Waals surface area contributed by atoms with Crippen molar-refractivity contribution in [3.8, 4) is 5.75 Å². The number of ether oxygens (including phenoxy) is 1. The van der Waals surface area contributed by atoms with Crippen molar-refractivity contribution >= 4 is 34.6 Å². The molecule has 1 aliphatic heterocycles. The second kappa shape index (κ2) is 8.73. The molecule has 0 spiro atoms. The molecule has 0 aliphatic carbocycles. The van der Waals surface area contributed by atoms with Crippen LogP contribution in [0.1, 0.15) is 22.3 Å². The van der Waals surface area contributed by atoms with E-state index in [2.05, 4.69) is 5.32 Å². The first-order valence-corrected chi connectivity index (χ1v) is 9.60. The fraction of sp³-hybridized carbons (Fsp3) is 0.250. The van der Waals surface area contributed by atoms with Gasteiger partial charge in [-0.15, -0.1) is 0 Å². The highest BCUT2D eigenvalue weighted by molar-refractivity contribution is 8.13. The number of nitrogens with one attached hydrogen (secondary N) is 1. The Balaban J connectivity index is 1.50. The Labute approximate surface area is 161 Å². The first-order chi connectivity index (χ1) is 13.0. The number of rotatable bonds is 6. The molecule has 2 aromatic rings. The van der Waals surface area contributed by atoms with Crippen LogP contribution >= 0.6 is 11.8 Å². The molecule has 0 radical (unpaired) electrons. The van der Waals surface area contributed by atoms with Gasteiger partial charge in [0.2, 0.25) is 0 Å². The first kappa shape index (κ1) is 19.0. The predicted molar refractivity (Wildman–Crippen MR) is 105 cm³/mol. The van der Waals surface area contributed by atoms with E-state index in [0.29, 0.717) is 30.1 Å². The fourth-order valence-electron chi connectivity index (χ4n) is 2.63. The number of esters is 1. The molecule has 0 aromatic heterocycles. The van der Waals surface area contributed by atoms with Gasteiger partial charge in [-0.1, -0.05) is 29.5 Å². The average Bonchev–Trinajstić information content (AvgIpc) is 3.06. The summed E-state index contributed by atoms with van der Waals surface area (Å²) in [5, 5.41) is 2.82. The van der Waals surface area contributed by atoms with Crippen LogP contribution in [-0.4, -0.2) is 40.9 Å². The zero-order chi connectivity index (χ0) is 19.2. The topological polar surface area (TPSA) is 75.7 Å². The van der Waals surface area contributed by atoms with Crippen LogP contribution in [0.25, 0.3) is 0 Å². The Morgan fingerprint density at radius 3 is 2.63 bits per heavy atom. The molecule has 3 rings (SSSR count). The molecule has 1 aliphatic rings. The number of hydrogen-bond acceptors (Lipinski definition) is 5. The van der Waals surface area contributed by atoms with Crippen LogP contribution in [0.3, 0.4) is 0 Å². The summed E-state index contributed by atoms with van der Waals surface area (Å²) in [6.07, 6.45) is 0.151. The lowest BCUT2D eigenvalue weighted by atomic mass is 10.1. The van der Waals surface area contributed by atoms with E-state index >= 15 is 0 Å². The summed E-state index contributed by atoms with van der Waals surface area (Å²) in [4.78, 5) is 37.3. The van der Waals surface area contributed by atoms with E-state index in [9.17, 15) is 14.4 Å². The molecule has 6 nitrogen and oxygen atoms in total. The summed E-state index contributed by atoms with van der Waals surface area (Å²) in [6.45, 7) is 2.97. The van der Waals surface area contributed by atoms with Crippen molar-refractivity contribution in [2.24, 2.45) is 0 Å². The van der Waals surface area contributed by atoms with Crippen molar-refractivity contribution in [2.45, 2.75) is 13.3 Å². The van der Waals surface area contributed by atoms with Gasteiger partial charge in [-0.2, -0.15) is 0 Å². The molecule has 1 saturated heterocycles. The summed E-state index contributed by atoms with van der Waals surface area (Å²) >= 11 is 1.27. The van der Waals surface area contributed by atoms with Gasteiger partial charge in [-0.3, -0.25) is 14.4 Å². The Morgan fingerprint density at radius 2 is 1.96 bits per heavy atom. The number of carbonyl (C=O) groups is 3. The zero-order valence-electron chi connectivity index (χ0n) is 14.9. The quantitative estimate of drug-likeness (QED) is 0.607. The molecule has 2 aromatic carbocycles. The lowest BCUT2D eigenvalue weighted by Gasteiger charge is -2.13. The monoisotopic (exact) mass is 384 g/mol. The van der Waals surface area contributed by atoms with E-state index in [0.717, 1.165) is 11.3 Å². The van der Waals surface area contributed by atoms with Crippen LogP contribution in [0.5, 0.6) is 5.75 Å². The molecule has 140 valence electrons. The lowest BCUT2D eigenvalue weighted by molar-refractivity contribution is -0.134. The molecule has 0 unspecified atom stereocenters. The predicted octanol–water partition coefficient (Wildman–Crippen LogP) is 3.71. The van der Waals surface area contributed by atoms with E-state index in [1.807, 2.05) is 25.1 Å². The Hall–Kier alpha value is -2.80. The normalized spacial score (nSPS) is 13.5. The molecule has 1 N–H and O–H groups in total. The summed E-state index contributed by atoms with van der Waals surface area (Å²) < 4.78 is 5.27. The van der Waals surface area contributed by atoms with Gasteiger partial charge in [0.25, 0.3) is 11.1 Å². The first-order valence-electron chi connectivity index (χ1n) is 8.62. The van der Waals surface area contributed by atoms with Crippen molar-refractivity contribution in [3.63, 3.8) is 0 Å². The van der Waals surface area contributed by atoms with Crippen LogP contribution in [-0.2, 0) is 4.79 Å². The molecule has 7 heteroatoms. The van der Waals surface area contributed by atoms with E-state index in [4.69, 9.17) is 4.74 Å². The van der Waals surface area contributed by atoms with Crippen LogP contribution in [0.2, 0.25) is 0 Å². The summed E-state index contributed by atoms with van der Waals surface area (Å²) in [7, 11) is 0. The van der Waals surface area contributed by atoms with Crippen LogP contribution in [0, 0.1) is 6.92 Å². The second-order valence-electron chi connectivity index (χ2n) is 6.17. The fourth-order valence-corrected chi connectivity index (χ4v) is 3.48. The standard InChI is InChI=1S/C20H20N2O4S/c1-14-3-2-4-15(13-14)19(24)21-16-5-7-17(8-6-16)26-18(23)9-10-22-11-12-27-20(22)25/h2-8,13H,9-12H2,1H3,(H,21,24). The van der Waals surface area contributed by atoms with Gasteiger partial charge in [0.1, 0.15) is 5.75 Å². The average molecular weight is 384 g/mol. The van der Waals surface area contributed by atoms with E-state index in [-0.39, 0.29) is 17.6 Å². The highest BCUT2D eigenvalue weighted by Crippen LogP contribution is 2.19. The van der Waals surface area contributed by atoms with Gasteiger partial charge in [0.15, 0.2) is 0 Å². The molecule has 0 saturated carbocycles. The highest BCUT2D eigenvalue weighted by Gasteiger charge is 2.21. The summed E-state index contributed by atoms with van der Waals surface area (Å²) in [5.41, 5.74) is 2.21. The number of nitrogens with zero attached hydrogens (tertiary/aromatic N) is 1. The third-order valence-electron chi connectivity index (χ3n) is 4.05. The third kappa shape index (κ3) is 5.34. The van der Waals surface area contributed by atoms with Gasteiger partial charge in [-0.05, 0) is 43.3 Å². The molecule has 2 amide bonds. The Morgan fingerprint density at radius 1 is 1.19 bits per heavy atom. The van der Waals surface area contributed by atoms with E-state index in [1.165, 1.54) is 11.8 Å². The molecule has 1 fully saturated rings. The number of amides is 2. The number of hydrogen-bond donors (Lipinski definition) is 1. The second-order valence-corrected chi connectivity index (χ2v) is 7.22. The maximum atomic E-state index is 12.2. The smallest absolute Gasteiger partial charge is 0.312 e. The zero-order valence-corrected chi connectivity index (χ0v) is 15.8.